The highest BCUT2D eigenvalue weighted by molar-refractivity contribution is 5.94. The zero-order valence-electron chi connectivity index (χ0n) is 9.32. The molecule has 1 aromatic carbocycles. The van der Waals surface area contributed by atoms with E-state index in [4.69, 9.17) is 0 Å². The third-order valence-corrected chi connectivity index (χ3v) is 2.37. The number of hydrogen-bond acceptors (Lipinski definition) is 3. The SMILES string of the molecule is CNCC(=O)Nc1ccc2cnn(C)c2c1. The number of aromatic nitrogens is 2. The van der Waals surface area contributed by atoms with Gasteiger partial charge in [0.05, 0.1) is 18.3 Å². The summed E-state index contributed by atoms with van der Waals surface area (Å²) in [5, 5.41) is 10.8. The molecule has 5 nitrogen and oxygen atoms in total. The first-order chi connectivity index (χ1) is 7.70. The highest BCUT2D eigenvalue weighted by Crippen LogP contribution is 2.17. The Labute approximate surface area is 93.4 Å². The van der Waals surface area contributed by atoms with Gasteiger partial charge in [0.2, 0.25) is 5.91 Å². The Balaban J connectivity index is 2.25. The Morgan fingerprint density at radius 1 is 1.50 bits per heavy atom. The van der Waals surface area contributed by atoms with Gasteiger partial charge in [0, 0.05) is 18.1 Å². The largest absolute Gasteiger partial charge is 0.325 e. The molecule has 1 aromatic heterocycles. The van der Waals surface area contributed by atoms with Crippen LogP contribution < -0.4 is 10.6 Å². The van der Waals surface area contributed by atoms with Crippen molar-refractivity contribution in [2.75, 3.05) is 18.9 Å². The summed E-state index contributed by atoms with van der Waals surface area (Å²) in [6, 6.07) is 5.73. The van der Waals surface area contributed by atoms with Crippen LogP contribution in [0.4, 0.5) is 5.69 Å². The summed E-state index contributed by atoms with van der Waals surface area (Å²) in [4.78, 5) is 11.4. The Kier molecular flexibility index (Phi) is 2.87. The van der Waals surface area contributed by atoms with E-state index in [0.717, 1.165) is 16.6 Å². The summed E-state index contributed by atoms with van der Waals surface area (Å²) in [5.41, 5.74) is 1.79. The number of amides is 1. The zero-order valence-corrected chi connectivity index (χ0v) is 9.32. The molecule has 2 aromatic rings. The van der Waals surface area contributed by atoms with Crippen molar-refractivity contribution in [1.29, 1.82) is 0 Å². The molecule has 0 aliphatic carbocycles. The van der Waals surface area contributed by atoms with Crippen molar-refractivity contribution >= 4 is 22.5 Å². The van der Waals surface area contributed by atoms with E-state index in [1.54, 1.807) is 17.9 Å². The van der Waals surface area contributed by atoms with E-state index in [1.165, 1.54) is 0 Å². The maximum atomic E-state index is 11.4. The minimum atomic E-state index is -0.0518. The number of carbonyl (C=O) groups excluding carboxylic acids is 1. The fraction of sp³-hybridized carbons (Fsp3) is 0.273. The summed E-state index contributed by atoms with van der Waals surface area (Å²) >= 11 is 0. The number of benzene rings is 1. The van der Waals surface area contributed by atoms with Crippen LogP contribution in [0.1, 0.15) is 0 Å². The molecule has 5 heteroatoms. The van der Waals surface area contributed by atoms with Crippen molar-refractivity contribution in [2.45, 2.75) is 0 Å². The topological polar surface area (TPSA) is 59.0 Å². The molecular weight excluding hydrogens is 204 g/mol. The lowest BCUT2D eigenvalue weighted by Crippen LogP contribution is -2.24. The molecule has 0 aliphatic rings. The number of rotatable bonds is 3. The Morgan fingerprint density at radius 3 is 3.06 bits per heavy atom. The van der Waals surface area contributed by atoms with Gasteiger partial charge in [-0.05, 0) is 25.2 Å². The molecule has 1 heterocycles. The van der Waals surface area contributed by atoms with Crippen LogP contribution in [0.15, 0.2) is 24.4 Å². The maximum Gasteiger partial charge on any atom is 0.238 e. The minimum Gasteiger partial charge on any atom is -0.325 e. The molecule has 16 heavy (non-hydrogen) atoms. The number of nitrogens with one attached hydrogen (secondary N) is 2. The van der Waals surface area contributed by atoms with Gasteiger partial charge in [-0.1, -0.05) is 0 Å². The van der Waals surface area contributed by atoms with E-state index in [-0.39, 0.29) is 5.91 Å². The number of likely N-dealkylation sites (N-methyl/N-ethyl adjacent to an activating group) is 1. The third kappa shape index (κ3) is 2.04. The second-order valence-corrected chi connectivity index (χ2v) is 3.62. The van der Waals surface area contributed by atoms with E-state index in [2.05, 4.69) is 15.7 Å². The molecule has 2 rings (SSSR count). The van der Waals surface area contributed by atoms with Gasteiger partial charge in [0.1, 0.15) is 0 Å². The average Bonchev–Trinajstić information content (AvgIpc) is 2.61. The van der Waals surface area contributed by atoms with Gasteiger partial charge in [-0.3, -0.25) is 9.48 Å². The number of carbonyl (C=O) groups is 1. The average molecular weight is 218 g/mol. The number of fused-ring (bicyclic) bond motifs is 1. The molecular formula is C11H14N4O. The van der Waals surface area contributed by atoms with Crippen LogP contribution in [0.25, 0.3) is 10.9 Å². The van der Waals surface area contributed by atoms with E-state index in [1.807, 2.05) is 25.2 Å². The summed E-state index contributed by atoms with van der Waals surface area (Å²) < 4.78 is 1.78. The standard InChI is InChI=1S/C11H14N4O/c1-12-7-11(16)14-9-4-3-8-6-13-15(2)10(8)5-9/h3-6,12H,7H2,1-2H3,(H,14,16). The molecule has 0 bridgehead atoms. The molecule has 0 radical (unpaired) electrons. The van der Waals surface area contributed by atoms with E-state index >= 15 is 0 Å². The Morgan fingerprint density at radius 2 is 2.31 bits per heavy atom. The van der Waals surface area contributed by atoms with Gasteiger partial charge < -0.3 is 10.6 Å². The number of hydrogen-bond donors (Lipinski definition) is 2. The summed E-state index contributed by atoms with van der Waals surface area (Å²) in [7, 11) is 3.62. The van der Waals surface area contributed by atoms with Gasteiger partial charge in [-0.15, -0.1) is 0 Å². The highest BCUT2D eigenvalue weighted by Gasteiger charge is 2.03. The summed E-state index contributed by atoms with van der Waals surface area (Å²) in [6.45, 7) is 0.309. The van der Waals surface area contributed by atoms with Crippen LogP contribution in [-0.4, -0.2) is 29.3 Å². The maximum absolute atomic E-state index is 11.4. The second-order valence-electron chi connectivity index (χ2n) is 3.62. The zero-order chi connectivity index (χ0) is 11.5. The predicted molar refractivity (Wildman–Crippen MR) is 63.3 cm³/mol. The normalized spacial score (nSPS) is 10.6. The number of nitrogens with zero attached hydrogens (tertiary/aromatic N) is 2. The van der Waals surface area contributed by atoms with Gasteiger partial charge in [0.15, 0.2) is 0 Å². The Hall–Kier alpha value is -1.88. The first-order valence-corrected chi connectivity index (χ1v) is 5.07. The van der Waals surface area contributed by atoms with Crippen molar-refractivity contribution in [2.24, 2.45) is 7.05 Å². The van der Waals surface area contributed by atoms with Gasteiger partial charge in [-0.2, -0.15) is 5.10 Å². The molecule has 0 saturated carbocycles. The predicted octanol–water partition coefficient (Wildman–Crippen LogP) is 0.731. The van der Waals surface area contributed by atoms with E-state index in [9.17, 15) is 4.79 Å². The van der Waals surface area contributed by atoms with Crippen molar-refractivity contribution in [3.8, 4) is 0 Å². The van der Waals surface area contributed by atoms with Gasteiger partial charge in [-0.25, -0.2) is 0 Å². The van der Waals surface area contributed by atoms with Crippen LogP contribution in [0, 0.1) is 0 Å². The fourth-order valence-corrected chi connectivity index (χ4v) is 1.59. The highest BCUT2D eigenvalue weighted by atomic mass is 16.1. The first kappa shape index (κ1) is 10.6. The van der Waals surface area contributed by atoms with E-state index < -0.39 is 0 Å². The molecule has 1 amide bonds. The van der Waals surface area contributed by atoms with Crippen LogP contribution in [0.5, 0.6) is 0 Å². The molecule has 84 valence electrons. The lowest BCUT2D eigenvalue weighted by Gasteiger charge is -2.05. The quantitative estimate of drug-likeness (QED) is 0.798. The summed E-state index contributed by atoms with van der Waals surface area (Å²) in [6.07, 6.45) is 1.80. The smallest absolute Gasteiger partial charge is 0.238 e. The van der Waals surface area contributed by atoms with Crippen LogP contribution in [-0.2, 0) is 11.8 Å². The molecule has 0 spiro atoms. The minimum absolute atomic E-state index is 0.0518. The van der Waals surface area contributed by atoms with Crippen LogP contribution in [0.2, 0.25) is 0 Å². The lowest BCUT2D eigenvalue weighted by molar-refractivity contribution is -0.115. The Bertz CT molecular complexity index is 518. The first-order valence-electron chi connectivity index (χ1n) is 5.07. The second kappa shape index (κ2) is 4.32. The number of anilines is 1. The van der Waals surface area contributed by atoms with Crippen molar-refractivity contribution in [3.63, 3.8) is 0 Å². The molecule has 2 N–H and O–H groups in total. The third-order valence-electron chi connectivity index (χ3n) is 2.37. The molecule has 0 unspecified atom stereocenters. The van der Waals surface area contributed by atoms with E-state index in [0.29, 0.717) is 6.54 Å². The van der Waals surface area contributed by atoms with Crippen molar-refractivity contribution in [1.82, 2.24) is 15.1 Å². The molecule has 0 fully saturated rings. The molecule has 0 atom stereocenters. The monoisotopic (exact) mass is 218 g/mol. The van der Waals surface area contributed by atoms with Gasteiger partial charge >= 0.3 is 0 Å². The van der Waals surface area contributed by atoms with Crippen LogP contribution >= 0.6 is 0 Å². The van der Waals surface area contributed by atoms with Gasteiger partial charge in [0.25, 0.3) is 0 Å². The molecule has 0 saturated heterocycles. The lowest BCUT2D eigenvalue weighted by atomic mass is 10.2. The van der Waals surface area contributed by atoms with Crippen LogP contribution in [0.3, 0.4) is 0 Å². The molecule has 0 aliphatic heterocycles. The van der Waals surface area contributed by atoms with Crippen molar-refractivity contribution in [3.05, 3.63) is 24.4 Å². The van der Waals surface area contributed by atoms with Crippen molar-refractivity contribution < 1.29 is 4.79 Å². The number of aryl methyl sites for hydroxylation is 1. The fourth-order valence-electron chi connectivity index (χ4n) is 1.59. The summed E-state index contributed by atoms with van der Waals surface area (Å²) in [5.74, 6) is -0.0518.